The highest BCUT2D eigenvalue weighted by Gasteiger charge is 2.12. The highest BCUT2D eigenvalue weighted by atomic mass is 32.1. The molecule has 0 amide bonds. The van der Waals surface area contributed by atoms with Gasteiger partial charge in [0.25, 0.3) is 0 Å². The summed E-state index contributed by atoms with van der Waals surface area (Å²) in [6.45, 7) is 10.5. The maximum atomic E-state index is 9.37. The van der Waals surface area contributed by atoms with Crippen molar-refractivity contribution in [2.45, 2.75) is 40.7 Å². The fraction of sp³-hybridized carbons (Fsp3) is 0.375. The van der Waals surface area contributed by atoms with Crippen LogP contribution in [-0.2, 0) is 0 Å². The van der Waals surface area contributed by atoms with Gasteiger partial charge in [-0.05, 0) is 52.3 Å². The largest absolute Gasteiger partial charge is 0.346 e. The van der Waals surface area contributed by atoms with Crippen molar-refractivity contribution in [3.8, 4) is 6.07 Å². The highest BCUT2D eigenvalue weighted by molar-refractivity contribution is 7.11. The number of thiazole rings is 1. The molecule has 0 aliphatic carbocycles. The van der Waals surface area contributed by atoms with Gasteiger partial charge in [0.2, 0.25) is 0 Å². The van der Waals surface area contributed by atoms with E-state index in [9.17, 15) is 5.26 Å². The average molecular weight is 285 g/mol. The molecule has 0 fully saturated rings. The first kappa shape index (κ1) is 14.5. The number of aryl methyl sites for hydroxylation is 2. The molecule has 2 aromatic heterocycles. The van der Waals surface area contributed by atoms with Crippen molar-refractivity contribution in [3.05, 3.63) is 39.1 Å². The molecular weight excluding hydrogens is 266 g/mol. The first-order valence-corrected chi connectivity index (χ1v) is 7.54. The van der Waals surface area contributed by atoms with E-state index in [-0.39, 0.29) is 0 Å². The van der Waals surface area contributed by atoms with Gasteiger partial charge in [0.05, 0.1) is 5.57 Å². The van der Waals surface area contributed by atoms with E-state index in [0.29, 0.717) is 11.6 Å². The molecule has 2 aromatic rings. The second kappa shape index (κ2) is 5.64. The van der Waals surface area contributed by atoms with E-state index in [1.807, 2.05) is 18.4 Å². The van der Waals surface area contributed by atoms with Crippen LogP contribution in [0.15, 0.2) is 11.4 Å². The van der Waals surface area contributed by atoms with Crippen molar-refractivity contribution >= 4 is 23.0 Å². The molecule has 0 unspecified atom stereocenters. The van der Waals surface area contributed by atoms with Gasteiger partial charge < -0.3 is 4.57 Å². The fourth-order valence-corrected chi connectivity index (χ4v) is 3.28. The number of hydrogen-bond donors (Lipinski definition) is 0. The van der Waals surface area contributed by atoms with E-state index in [1.165, 1.54) is 22.7 Å². The van der Waals surface area contributed by atoms with Crippen molar-refractivity contribution in [2.24, 2.45) is 0 Å². The summed E-state index contributed by atoms with van der Waals surface area (Å²) in [5, 5.41) is 12.1. The molecule has 0 saturated carbocycles. The summed E-state index contributed by atoms with van der Waals surface area (Å²) >= 11 is 1.52. The third kappa shape index (κ3) is 2.68. The minimum absolute atomic E-state index is 0.421. The Balaban J connectivity index is 2.49. The van der Waals surface area contributed by atoms with Crippen molar-refractivity contribution in [3.63, 3.8) is 0 Å². The second-order valence-electron chi connectivity index (χ2n) is 5.25. The van der Waals surface area contributed by atoms with Gasteiger partial charge in [-0.15, -0.1) is 11.3 Å². The summed E-state index contributed by atoms with van der Waals surface area (Å²) < 4.78 is 2.29. The lowest BCUT2D eigenvalue weighted by atomic mass is 10.1. The van der Waals surface area contributed by atoms with Crippen molar-refractivity contribution in [1.29, 1.82) is 5.26 Å². The van der Waals surface area contributed by atoms with Crippen LogP contribution in [-0.4, -0.2) is 9.55 Å². The molecule has 20 heavy (non-hydrogen) atoms. The van der Waals surface area contributed by atoms with Crippen LogP contribution in [0.3, 0.4) is 0 Å². The summed E-state index contributed by atoms with van der Waals surface area (Å²) in [5.41, 5.74) is 5.10. The van der Waals surface area contributed by atoms with Crippen LogP contribution in [0, 0.1) is 32.1 Å². The number of rotatable bonds is 3. The minimum Gasteiger partial charge on any atom is -0.346 e. The van der Waals surface area contributed by atoms with Gasteiger partial charge in [0.15, 0.2) is 0 Å². The summed E-state index contributed by atoms with van der Waals surface area (Å²) in [7, 11) is 0. The van der Waals surface area contributed by atoms with Gasteiger partial charge >= 0.3 is 0 Å². The Labute approximate surface area is 124 Å². The average Bonchev–Trinajstić information content (AvgIpc) is 2.91. The van der Waals surface area contributed by atoms with E-state index in [4.69, 9.17) is 0 Å². The quantitative estimate of drug-likeness (QED) is 0.778. The molecule has 0 N–H and O–H groups in total. The zero-order valence-electron chi connectivity index (χ0n) is 12.6. The topological polar surface area (TPSA) is 41.6 Å². The third-order valence-corrected chi connectivity index (χ3v) is 4.30. The molecule has 3 nitrogen and oxygen atoms in total. The highest BCUT2D eigenvalue weighted by Crippen LogP contribution is 2.26. The van der Waals surface area contributed by atoms with E-state index < -0.39 is 0 Å². The zero-order chi connectivity index (χ0) is 14.9. The third-order valence-electron chi connectivity index (χ3n) is 3.31. The molecular formula is C16H19N3S. The standard InChI is InChI=1S/C16H19N3S/c1-10(2)19-12(4)6-14(13(19)5)7-15(8-17)16-18-11(3)9-20-16/h6-7,9-10H,1-5H3/b15-7+. The first-order valence-electron chi connectivity index (χ1n) is 6.66. The maximum absolute atomic E-state index is 9.37. The van der Waals surface area contributed by atoms with E-state index in [1.54, 1.807) is 0 Å². The Hall–Kier alpha value is -1.86. The van der Waals surface area contributed by atoms with Crippen LogP contribution in [0.4, 0.5) is 0 Å². The van der Waals surface area contributed by atoms with E-state index >= 15 is 0 Å². The van der Waals surface area contributed by atoms with Crippen LogP contribution < -0.4 is 0 Å². The number of aromatic nitrogens is 2. The lowest BCUT2D eigenvalue weighted by Gasteiger charge is -2.13. The van der Waals surface area contributed by atoms with Crippen LogP contribution >= 0.6 is 11.3 Å². The Bertz CT molecular complexity index is 696. The van der Waals surface area contributed by atoms with E-state index in [0.717, 1.165) is 16.3 Å². The number of allylic oxidation sites excluding steroid dienone is 1. The molecule has 104 valence electrons. The van der Waals surface area contributed by atoms with Crippen LogP contribution in [0.25, 0.3) is 11.6 Å². The van der Waals surface area contributed by atoms with Gasteiger partial charge in [-0.1, -0.05) is 0 Å². The normalized spacial score (nSPS) is 11.9. The monoisotopic (exact) mass is 285 g/mol. The SMILES string of the molecule is Cc1csc(/C(C#N)=C/c2cc(C)n(C(C)C)c2C)n1. The predicted octanol–water partition coefficient (Wildman–Crippen LogP) is 4.51. The molecule has 0 radical (unpaired) electrons. The second-order valence-corrected chi connectivity index (χ2v) is 6.11. The molecule has 0 aliphatic rings. The summed E-state index contributed by atoms with van der Waals surface area (Å²) in [6.07, 6.45) is 1.94. The molecule has 0 spiro atoms. The van der Waals surface area contributed by atoms with Gasteiger partial charge in [-0.25, -0.2) is 4.98 Å². The summed E-state index contributed by atoms with van der Waals surface area (Å²) in [6, 6.07) is 4.82. The van der Waals surface area contributed by atoms with Gasteiger partial charge in [-0.3, -0.25) is 0 Å². The molecule has 0 saturated heterocycles. The molecule has 0 aromatic carbocycles. The van der Waals surface area contributed by atoms with Crippen molar-refractivity contribution in [1.82, 2.24) is 9.55 Å². The first-order chi connectivity index (χ1) is 9.43. The van der Waals surface area contributed by atoms with Crippen LogP contribution in [0.1, 0.15) is 47.5 Å². The van der Waals surface area contributed by atoms with Crippen LogP contribution in [0.5, 0.6) is 0 Å². The van der Waals surface area contributed by atoms with Crippen molar-refractivity contribution in [2.75, 3.05) is 0 Å². The fourth-order valence-electron chi connectivity index (χ4n) is 2.52. The summed E-state index contributed by atoms with van der Waals surface area (Å²) in [4.78, 5) is 4.39. The molecule has 0 atom stereocenters. The maximum Gasteiger partial charge on any atom is 0.134 e. The van der Waals surface area contributed by atoms with Gasteiger partial charge in [0.1, 0.15) is 11.1 Å². The minimum atomic E-state index is 0.421. The van der Waals surface area contributed by atoms with Crippen molar-refractivity contribution < 1.29 is 0 Å². The number of nitriles is 1. The van der Waals surface area contributed by atoms with Crippen LogP contribution in [0.2, 0.25) is 0 Å². The molecule has 0 bridgehead atoms. The lowest BCUT2D eigenvalue weighted by Crippen LogP contribution is -2.04. The molecule has 0 aliphatic heterocycles. The Morgan fingerprint density at radius 1 is 1.40 bits per heavy atom. The summed E-state index contributed by atoms with van der Waals surface area (Å²) in [5.74, 6) is 0. The zero-order valence-corrected chi connectivity index (χ0v) is 13.4. The Kier molecular flexibility index (Phi) is 4.10. The lowest BCUT2D eigenvalue weighted by molar-refractivity contribution is 0.574. The predicted molar refractivity (Wildman–Crippen MR) is 84.6 cm³/mol. The molecule has 4 heteroatoms. The van der Waals surface area contributed by atoms with Gasteiger partial charge in [0, 0.05) is 28.5 Å². The number of hydrogen-bond acceptors (Lipinski definition) is 3. The Morgan fingerprint density at radius 3 is 2.55 bits per heavy atom. The molecule has 2 heterocycles. The van der Waals surface area contributed by atoms with Gasteiger partial charge in [-0.2, -0.15) is 5.26 Å². The smallest absolute Gasteiger partial charge is 0.134 e. The van der Waals surface area contributed by atoms with E-state index in [2.05, 4.69) is 49.4 Å². The molecule has 2 rings (SSSR count). The Morgan fingerprint density at radius 2 is 2.10 bits per heavy atom. The number of nitrogens with zero attached hydrogens (tertiary/aromatic N) is 3.